The van der Waals surface area contributed by atoms with E-state index in [9.17, 15) is 9.59 Å². The van der Waals surface area contributed by atoms with Gasteiger partial charge in [0.2, 0.25) is 0 Å². The molecule has 22 heavy (non-hydrogen) atoms. The number of carbonyl (C=O) groups is 2. The lowest BCUT2D eigenvalue weighted by atomic mass is 10.1. The van der Waals surface area contributed by atoms with E-state index in [0.29, 0.717) is 17.7 Å². The van der Waals surface area contributed by atoms with Gasteiger partial charge >= 0.3 is 0 Å². The van der Waals surface area contributed by atoms with Crippen LogP contribution in [0.25, 0.3) is 0 Å². The SMILES string of the molecule is CCC(C)NC(=O)c1cccc(CNC(=O)c2ccoc2)c1. The second-order valence-corrected chi connectivity index (χ2v) is 5.18. The normalized spacial score (nSPS) is 11.7. The highest BCUT2D eigenvalue weighted by Gasteiger charge is 2.10. The van der Waals surface area contributed by atoms with Gasteiger partial charge < -0.3 is 15.1 Å². The summed E-state index contributed by atoms with van der Waals surface area (Å²) in [5.74, 6) is -0.305. The van der Waals surface area contributed by atoms with Crippen LogP contribution in [0.1, 0.15) is 46.5 Å². The number of hydrogen-bond acceptors (Lipinski definition) is 3. The van der Waals surface area contributed by atoms with Gasteiger partial charge in [-0.3, -0.25) is 9.59 Å². The molecule has 0 aliphatic heterocycles. The van der Waals surface area contributed by atoms with E-state index in [4.69, 9.17) is 4.42 Å². The van der Waals surface area contributed by atoms with E-state index < -0.39 is 0 Å². The molecule has 0 spiro atoms. The quantitative estimate of drug-likeness (QED) is 0.861. The number of amides is 2. The third kappa shape index (κ3) is 4.22. The van der Waals surface area contributed by atoms with Crippen molar-refractivity contribution in [1.29, 1.82) is 0 Å². The summed E-state index contributed by atoms with van der Waals surface area (Å²) in [4.78, 5) is 23.9. The van der Waals surface area contributed by atoms with E-state index in [2.05, 4.69) is 10.6 Å². The highest BCUT2D eigenvalue weighted by molar-refractivity contribution is 5.95. The van der Waals surface area contributed by atoms with Gasteiger partial charge in [-0.2, -0.15) is 0 Å². The van der Waals surface area contributed by atoms with Crippen LogP contribution >= 0.6 is 0 Å². The minimum absolute atomic E-state index is 0.0997. The minimum Gasteiger partial charge on any atom is -0.472 e. The van der Waals surface area contributed by atoms with Crippen molar-refractivity contribution in [2.75, 3.05) is 0 Å². The average molecular weight is 300 g/mol. The van der Waals surface area contributed by atoms with Crippen LogP contribution in [-0.4, -0.2) is 17.9 Å². The van der Waals surface area contributed by atoms with Crippen molar-refractivity contribution in [3.8, 4) is 0 Å². The molecule has 0 saturated carbocycles. The summed E-state index contributed by atoms with van der Waals surface area (Å²) >= 11 is 0. The third-order valence-corrected chi connectivity index (χ3v) is 3.42. The van der Waals surface area contributed by atoms with Crippen LogP contribution in [0.15, 0.2) is 47.3 Å². The summed E-state index contributed by atoms with van der Waals surface area (Å²) in [5, 5.41) is 5.71. The Labute approximate surface area is 129 Å². The fourth-order valence-electron chi connectivity index (χ4n) is 1.91. The molecule has 1 aromatic heterocycles. The molecule has 0 aliphatic rings. The standard InChI is InChI=1S/C17H20N2O3/c1-3-12(2)19-17(21)14-6-4-5-13(9-14)10-18-16(20)15-7-8-22-11-15/h4-9,11-12H,3,10H2,1-2H3,(H,18,20)(H,19,21). The van der Waals surface area contributed by atoms with Gasteiger partial charge in [-0.05, 0) is 37.1 Å². The lowest BCUT2D eigenvalue weighted by Gasteiger charge is -2.12. The molecule has 5 heteroatoms. The van der Waals surface area contributed by atoms with Gasteiger partial charge in [-0.15, -0.1) is 0 Å². The van der Waals surface area contributed by atoms with E-state index in [-0.39, 0.29) is 17.9 Å². The lowest BCUT2D eigenvalue weighted by Crippen LogP contribution is -2.32. The summed E-state index contributed by atoms with van der Waals surface area (Å²) in [7, 11) is 0. The smallest absolute Gasteiger partial charge is 0.254 e. The topological polar surface area (TPSA) is 71.3 Å². The van der Waals surface area contributed by atoms with Gasteiger partial charge in [0.15, 0.2) is 0 Å². The van der Waals surface area contributed by atoms with Crippen LogP contribution < -0.4 is 10.6 Å². The van der Waals surface area contributed by atoms with Gasteiger partial charge in [-0.25, -0.2) is 0 Å². The number of hydrogen-bond donors (Lipinski definition) is 2. The largest absolute Gasteiger partial charge is 0.472 e. The van der Waals surface area contributed by atoms with Gasteiger partial charge in [0.25, 0.3) is 11.8 Å². The van der Waals surface area contributed by atoms with Gasteiger partial charge in [0.05, 0.1) is 11.8 Å². The van der Waals surface area contributed by atoms with Gasteiger partial charge in [0, 0.05) is 18.2 Å². The number of benzene rings is 1. The molecule has 1 heterocycles. The van der Waals surface area contributed by atoms with E-state index >= 15 is 0 Å². The Kier molecular flexibility index (Phi) is 5.36. The molecule has 2 N–H and O–H groups in total. The van der Waals surface area contributed by atoms with Crippen LogP contribution in [0.4, 0.5) is 0 Å². The lowest BCUT2D eigenvalue weighted by molar-refractivity contribution is 0.0936. The molecule has 5 nitrogen and oxygen atoms in total. The number of rotatable bonds is 6. The first kappa shape index (κ1) is 15.8. The highest BCUT2D eigenvalue weighted by Crippen LogP contribution is 2.07. The Balaban J connectivity index is 1.96. The molecule has 1 aromatic carbocycles. The molecule has 0 bridgehead atoms. The second kappa shape index (κ2) is 7.45. The van der Waals surface area contributed by atoms with Crippen LogP contribution in [0.2, 0.25) is 0 Å². The van der Waals surface area contributed by atoms with E-state index in [1.807, 2.05) is 26.0 Å². The molecule has 2 amide bonds. The summed E-state index contributed by atoms with van der Waals surface area (Å²) in [6.07, 6.45) is 3.73. The molecule has 1 atom stereocenters. The maximum atomic E-state index is 12.1. The first-order valence-corrected chi connectivity index (χ1v) is 7.30. The Morgan fingerprint density at radius 2 is 2.00 bits per heavy atom. The van der Waals surface area contributed by atoms with Crippen LogP contribution in [0.5, 0.6) is 0 Å². The molecular weight excluding hydrogens is 280 g/mol. The third-order valence-electron chi connectivity index (χ3n) is 3.42. The zero-order valence-corrected chi connectivity index (χ0v) is 12.8. The molecular formula is C17H20N2O3. The van der Waals surface area contributed by atoms with Crippen LogP contribution in [0, 0.1) is 0 Å². The second-order valence-electron chi connectivity index (χ2n) is 5.18. The maximum Gasteiger partial charge on any atom is 0.254 e. The van der Waals surface area contributed by atoms with Crippen LogP contribution in [0.3, 0.4) is 0 Å². The molecule has 116 valence electrons. The van der Waals surface area contributed by atoms with E-state index in [1.165, 1.54) is 12.5 Å². The van der Waals surface area contributed by atoms with Crippen molar-refractivity contribution in [3.05, 3.63) is 59.5 Å². The Morgan fingerprint density at radius 3 is 2.68 bits per heavy atom. The molecule has 1 unspecified atom stereocenters. The summed E-state index contributed by atoms with van der Waals surface area (Å²) in [6.45, 7) is 4.34. The fraction of sp³-hybridized carbons (Fsp3) is 0.294. The number of carbonyl (C=O) groups excluding carboxylic acids is 2. The summed E-state index contributed by atoms with van der Waals surface area (Å²) < 4.78 is 4.87. The molecule has 0 fully saturated rings. The molecule has 2 aromatic rings. The van der Waals surface area contributed by atoms with Crippen molar-refractivity contribution in [1.82, 2.24) is 10.6 Å². The summed E-state index contributed by atoms with van der Waals surface area (Å²) in [5.41, 5.74) is 1.94. The average Bonchev–Trinajstić information content (AvgIpc) is 3.07. The first-order chi connectivity index (χ1) is 10.6. The predicted molar refractivity (Wildman–Crippen MR) is 83.5 cm³/mol. The van der Waals surface area contributed by atoms with Crippen molar-refractivity contribution >= 4 is 11.8 Å². The predicted octanol–water partition coefficient (Wildman–Crippen LogP) is 2.74. The van der Waals surface area contributed by atoms with Crippen molar-refractivity contribution in [3.63, 3.8) is 0 Å². The zero-order chi connectivity index (χ0) is 15.9. The first-order valence-electron chi connectivity index (χ1n) is 7.30. The number of nitrogens with one attached hydrogen (secondary N) is 2. The summed E-state index contributed by atoms with van der Waals surface area (Å²) in [6, 6.07) is 8.97. The van der Waals surface area contributed by atoms with E-state index in [0.717, 1.165) is 12.0 Å². The Bertz CT molecular complexity index is 635. The van der Waals surface area contributed by atoms with Gasteiger partial charge in [-0.1, -0.05) is 19.1 Å². The van der Waals surface area contributed by atoms with Crippen molar-refractivity contribution in [2.24, 2.45) is 0 Å². The minimum atomic E-state index is -0.205. The zero-order valence-electron chi connectivity index (χ0n) is 12.8. The molecule has 0 radical (unpaired) electrons. The van der Waals surface area contributed by atoms with Gasteiger partial charge in [0.1, 0.15) is 6.26 Å². The highest BCUT2D eigenvalue weighted by atomic mass is 16.3. The Hall–Kier alpha value is -2.56. The molecule has 2 rings (SSSR count). The molecule has 0 saturated heterocycles. The van der Waals surface area contributed by atoms with Crippen molar-refractivity contribution in [2.45, 2.75) is 32.9 Å². The van der Waals surface area contributed by atoms with Crippen LogP contribution in [-0.2, 0) is 6.54 Å². The molecule has 0 aliphatic carbocycles. The maximum absolute atomic E-state index is 12.1. The van der Waals surface area contributed by atoms with E-state index in [1.54, 1.807) is 18.2 Å². The monoisotopic (exact) mass is 300 g/mol. The number of furan rings is 1. The Morgan fingerprint density at radius 1 is 1.18 bits per heavy atom. The fourth-order valence-corrected chi connectivity index (χ4v) is 1.91. The van der Waals surface area contributed by atoms with Crippen molar-refractivity contribution < 1.29 is 14.0 Å².